The first-order valence-electron chi connectivity index (χ1n) is 6.17. The average molecular weight is 269 g/mol. The highest BCUT2D eigenvalue weighted by atomic mass is 32.1. The van der Waals surface area contributed by atoms with Crippen LogP contribution in [0.15, 0.2) is 5.38 Å². The molecular formula is C12H19N3O2S. The fourth-order valence-electron chi connectivity index (χ4n) is 2.21. The topological polar surface area (TPSA) is 65.5 Å². The van der Waals surface area contributed by atoms with Crippen LogP contribution in [0.5, 0.6) is 0 Å². The van der Waals surface area contributed by atoms with E-state index < -0.39 is 5.97 Å². The number of carboxylic acids is 1. The van der Waals surface area contributed by atoms with Gasteiger partial charge in [0.05, 0.1) is 5.69 Å². The van der Waals surface area contributed by atoms with Crippen molar-refractivity contribution in [1.82, 2.24) is 15.2 Å². The molecule has 1 aliphatic rings. The molecule has 2 atom stereocenters. The highest BCUT2D eigenvalue weighted by Gasteiger charge is 2.22. The minimum atomic E-state index is -0.945. The highest BCUT2D eigenvalue weighted by Crippen LogP contribution is 2.16. The second kappa shape index (κ2) is 5.77. The number of carbonyl (C=O) groups is 1. The number of hydrogen-bond donors (Lipinski definition) is 2. The number of piperidine rings is 1. The van der Waals surface area contributed by atoms with Gasteiger partial charge in [-0.3, -0.25) is 0 Å². The van der Waals surface area contributed by atoms with E-state index in [9.17, 15) is 4.79 Å². The van der Waals surface area contributed by atoms with Crippen LogP contribution < -0.4 is 5.32 Å². The molecule has 0 saturated carbocycles. The van der Waals surface area contributed by atoms with Crippen molar-refractivity contribution in [2.24, 2.45) is 0 Å². The molecule has 6 heteroatoms. The molecule has 2 unspecified atom stereocenters. The first kappa shape index (κ1) is 13.5. The van der Waals surface area contributed by atoms with Crippen LogP contribution in [0.25, 0.3) is 0 Å². The van der Waals surface area contributed by atoms with Crippen LogP contribution in [0.4, 0.5) is 0 Å². The maximum atomic E-state index is 10.7. The van der Waals surface area contributed by atoms with Gasteiger partial charge in [0.1, 0.15) is 0 Å². The van der Waals surface area contributed by atoms with E-state index in [0.29, 0.717) is 18.6 Å². The van der Waals surface area contributed by atoms with Crippen LogP contribution in [-0.2, 0) is 6.54 Å². The Bertz CT molecular complexity index is 421. The van der Waals surface area contributed by atoms with Crippen molar-refractivity contribution in [3.05, 3.63) is 16.1 Å². The summed E-state index contributed by atoms with van der Waals surface area (Å²) < 4.78 is 0. The van der Waals surface area contributed by atoms with Crippen molar-refractivity contribution in [2.75, 3.05) is 13.6 Å². The number of nitrogens with one attached hydrogen (secondary N) is 1. The first-order valence-corrected chi connectivity index (χ1v) is 7.05. The quantitative estimate of drug-likeness (QED) is 0.865. The normalized spacial score (nSPS) is 25.2. The van der Waals surface area contributed by atoms with Gasteiger partial charge >= 0.3 is 5.97 Å². The molecular weight excluding hydrogens is 250 g/mol. The molecule has 1 fully saturated rings. The van der Waals surface area contributed by atoms with E-state index in [1.165, 1.54) is 11.3 Å². The summed E-state index contributed by atoms with van der Waals surface area (Å²) in [7, 11) is 2.15. The Kier molecular flexibility index (Phi) is 4.31. The molecule has 0 aliphatic carbocycles. The maximum absolute atomic E-state index is 10.7. The molecule has 100 valence electrons. The smallest absolute Gasteiger partial charge is 0.365 e. The summed E-state index contributed by atoms with van der Waals surface area (Å²) in [5.74, 6) is -0.945. The molecule has 0 amide bonds. The van der Waals surface area contributed by atoms with Crippen molar-refractivity contribution in [3.8, 4) is 0 Å². The molecule has 0 radical (unpaired) electrons. The predicted molar refractivity (Wildman–Crippen MR) is 71.0 cm³/mol. The lowest BCUT2D eigenvalue weighted by molar-refractivity contribution is 0.0696. The summed E-state index contributed by atoms with van der Waals surface area (Å²) in [6.45, 7) is 4.00. The third kappa shape index (κ3) is 3.28. The minimum Gasteiger partial charge on any atom is -0.476 e. The van der Waals surface area contributed by atoms with Crippen molar-refractivity contribution >= 4 is 17.3 Å². The molecule has 1 saturated heterocycles. The van der Waals surface area contributed by atoms with Gasteiger partial charge in [0, 0.05) is 24.0 Å². The van der Waals surface area contributed by atoms with Crippen molar-refractivity contribution < 1.29 is 9.90 Å². The van der Waals surface area contributed by atoms with Crippen molar-refractivity contribution in [2.45, 2.75) is 38.4 Å². The molecule has 0 aromatic carbocycles. The molecule has 5 nitrogen and oxygen atoms in total. The number of carboxylic acid groups (broad SMARTS) is 1. The molecule has 0 spiro atoms. The highest BCUT2D eigenvalue weighted by molar-refractivity contribution is 7.11. The van der Waals surface area contributed by atoms with Crippen molar-refractivity contribution in [3.63, 3.8) is 0 Å². The van der Waals surface area contributed by atoms with Gasteiger partial charge < -0.3 is 15.3 Å². The zero-order chi connectivity index (χ0) is 13.1. The van der Waals surface area contributed by atoms with E-state index in [-0.39, 0.29) is 5.01 Å². The van der Waals surface area contributed by atoms with Crippen LogP contribution in [0.3, 0.4) is 0 Å². The van der Waals surface area contributed by atoms with Crippen LogP contribution in [-0.4, -0.2) is 46.6 Å². The van der Waals surface area contributed by atoms with Gasteiger partial charge in [-0.25, -0.2) is 9.78 Å². The van der Waals surface area contributed by atoms with E-state index in [0.717, 1.165) is 25.1 Å². The number of likely N-dealkylation sites (tertiary alicyclic amines) is 1. The number of aromatic nitrogens is 1. The Labute approximate surface area is 111 Å². The van der Waals surface area contributed by atoms with E-state index in [4.69, 9.17) is 5.11 Å². The molecule has 2 N–H and O–H groups in total. The number of rotatable bonds is 4. The Morgan fingerprint density at radius 2 is 2.50 bits per heavy atom. The number of nitrogens with zero attached hydrogens (tertiary/aromatic N) is 2. The summed E-state index contributed by atoms with van der Waals surface area (Å²) in [6, 6.07) is 1.10. The van der Waals surface area contributed by atoms with Gasteiger partial charge in [-0.2, -0.15) is 0 Å². The molecule has 1 aromatic rings. The number of hydrogen-bond acceptors (Lipinski definition) is 5. The molecule has 1 aromatic heterocycles. The van der Waals surface area contributed by atoms with Gasteiger partial charge in [0.15, 0.2) is 0 Å². The van der Waals surface area contributed by atoms with Gasteiger partial charge in [-0.1, -0.05) is 0 Å². The summed E-state index contributed by atoms with van der Waals surface area (Å²) in [4.78, 5) is 17.2. The minimum absolute atomic E-state index is 0.170. The second-order valence-electron chi connectivity index (χ2n) is 4.88. The van der Waals surface area contributed by atoms with Crippen molar-refractivity contribution in [1.29, 1.82) is 0 Å². The number of thiazole rings is 1. The summed E-state index contributed by atoms with van der Waals surface area (Å²) in [5.41, 5.74) is 0.823. The third-order valence-corrected chi connectivity index (χ3v) is 4.39. The zero-order valence-electron chi connectivity index (χ0n) is 10.7. The largest absolute Gasteiger partial charge is 0.476 e. The van der Waals surface area contributed by atoms with Gasteiger partial charge in [-0.15, -0.1) is 11.3 Å². The van der Waals surface area contributed by atoms with E-state index in [1.807, 2.05) is 5.38 Å². The molecule has 18 heavy (non-hydrogen) atoms. The van der Waals surface area contributed by atoms with Gasteiger partial charge in [0.2, 0.25) is 5.01 Å². The predicted octanol–water partition coefficient (Wildman–Crippen LogP) is 1.41. The van der Waals surface area contributed by atoms with Crippen LogP contribution in [0.2, 0.25) is 0 Å². The van der Waals surface area contributed by atoms with Crippen LogP contribution in [0, 0.1) is 0 Å². The monoisotopic (exact) mass is 269 g/mol. The van der Waals surface area contributed by atoms with E-state index in [2.05, 4.69) is 29.2 Å². The summed E-state index contributed by atoms with van der Waals surface area (Å²) in [6.07, 6.45) is 2.27. The summed E-state index contributed by atoms with van der Waals surface area (Å²) in [5, 5.41) is 14.3. The average Bonchev–Trinajstić information content (AvgIpc) is 2.79. The Balaban J connectivity index is 1.82. The lowest BCUT2D eigenvalue weighted by Crippen LogP contribution is -2.45. The maximum Gasteiger partial charge on any atom is 0.365 e. The lowest BCUT2D eigenvalue weighted by Gasteiger charge is -2.35. The first-order chi connectivity index (χ1) is 8.56. The number of aromatic carboxylic acids is 1. The molecule has 2 heterocycles. The summed E-state index contributed by atoms with van der Waals surface area (Å²) >= 11 is 1.19. The standard InChI is InChI=1S/C12H19N3O2S/c1-8-5-9(3-4-15(8)2)13-6-10-7-18-11(14-10)12(16)17/h7-9,13H,3-6H2,1-2H3,(H,16,17). The fraction of sp³-hybridized carbons (Fsp3) is 0.667. The fourth-order valence-corrected chi connectivity index (χ4v) is 2.86. The SMILES string of the molecule is CC1CC(NCc2csc(C(=O)O)n2)CCN1C. The Morgan fingerprint density at radius 1 is 1.72 bits per heavy atom. The Hall–Kier alpha value is -0.980. The molecule has 1 aliphatic heterocycles. The zero-order valence-corrected chi connectivity index (χ0v) is 11.5. The van der Waals surface area contributed by atoms with Gasteiger partial charge in [-0.05, 0) is 33.4 Å². The van der Waals surface area contributed by atoms with Crippen LogP contribution in [0.1, 0.15) is 35.3 Å². The molecule has 2 rings (SSSR count). The van der Waals surface area contributed by atoms with E-state index in [1.54, 1.807) is 0 Å². The second-order valence-corrected chi connectivity index (χ2v) is 5.74. The van der Waals surface area contributed by atoms with E-state index >= 15 is 0 Å². The van der Waals surface area contributed by atoms with Crippen LogP contribution >= 0.6 is 11.3 Å². The molecule has 0 bridgehead atoms. The van der Waals surface area contributed by atoms with Gasteiger partial charge in [0.25, 0.3) is 0 Å². The lowest BCUT2D eigenvalue weighted by atomic mass is 9.99. The third-order valence-electron chi connectivity index (χ3n) is 3.51. The Morgan fingerprint density at radius 3 is 3.11 bits per heavy atom.